The Morgan fingerprint density at radius 2 is 2.29 bits per heavy atom. The molecule has 2 aromatic rings. The SMILES string of the molecule is O=C(Cc1nn[nH]n1)NN=Cc1cc2c(cc1Br)OCO2. The predicted octanol–water partition coefficient (Wildman–Crippen LogP) is 0.384. The molecular formula is C11H9BrN6O3. The number of carbonyl (C=O) groups excluding carboxylic acids is 1. The third-order valence-electron chi connectivity index (χ3n) is 2.59. The van der Waals surface area contributed by atoms with Gasteiger partial charge in [0.15, 0.2) is 17.3 Å². The molecule has 2 N–H and O–H groups in total. The quantitative estimate of drug-likeness (QED) is 0.607. The number of benzene rings is 1. The molecular weight excluding hydrogens is 344 g/mol. The number of tetrazole rings is 1. The van der Waals surface area contributed by atoms with Crippen molar-refractivity contribution < 1.29 is 14.3 Å². The number of aromatic nitrogens is 4. The summed E-state index contributed by atoms with van der Waals surface area (Å²) in [6, 6.07) is 3.55. The van der Waals surface area contributed by atoms with Gasteiger partial charge in [-0.1, -0.05) is 5.21 Å². The molecule has 0 saturated heterocycles. The number of H-pyrrole nitrogens is 1. The Kier molecular flexibility index (Phi) is 3.77. The van der Waals surface area contributed by atoms with Gasteiger partial charge in [-0.15, -0.1) is 10.2 Å². The molecule has 1 aliphatic heterocycles. The summed E-state index contributed by atoms with van der Waals surface area (Å²) in [5, 5.41) is 16.9. The van der Waals surface area contributed by atoms with Crippen molar-refractivity contribution in [3.63, 3.8) is 0 Å². The molecule has 1 aromatic heterocycles. The largest absolute Gasteiger partial charge is 0.454 e. The van der Waals surface area contributed by atoms with Crippen LogP contribution in [0.5, 0.6) is 11.5 Å². The highest BCUT2D eigenvalue weighted by Gasteiger charge is 2.15. The maximum Gasteiger partial charge on any atom is 0.247 e. The highest BCUT2D eigenvalue weighted by molar-refractivity contribution is 9.10. The normalized spacial score (nSPS) is 12.8. The monoisotopic (exact) mass is 352 g/mol. The number of hydrogen-bond donors (Lipinski definition) is 2. The third-order valence-corrected chi connectivity index (χ3v) is 3.28. The summed E-state index contributed by atoms with van der Waals surface area (Å²) in [5.41, 5.74) is 3.13. The molecule has 0 bridgehead atoms. The summed E-state index contributed by atoms with van der Waals surface area (Å²) >= 11 is 3.39. The van der Waals surface area contributed by atoms with Crippen molar-refractivity contribution in [3.8, 4) is 11.5 Å². The van der Waals surface area contributed by atoms with Gasteiger partial charge in [0, 0.05) is 10.0 Å². The smallest absolute Gasteiger partial charge is 0.247 e. The zero-order valence-electron chi connectivity index (χ0n) is 10.5. The Bertz CT molecular complexity index is 688. The maximum atomic E-state index is 11.6. The van der Waals surface area contributed by atoms with Crippen LogP contribution in [-0.2, 0) is 11.2 Å². The molecule has 0 unspecified atom stereocenters. The van der Waals surface area contributed by atoms with Crippen LogP contribution in [0.25, 0.3) is 0 Å². The van der Waals surface area contributed by atoms with Crippen LogP contribution in [0.4, 0.5) is 0 Å². The molecule has 9 nitrogen and oxygen atoms in total. The van der Waals surface area contributed by atoms with Crippen LogP contribution >= 0.6 is 15.9 Å². The first-order chi connectivity index (χ1) is 10.2. The Morgan fingerprint density at radius 1 is 1.48 bits per heavy atom. The Balaban J connectivity index is 1.62. The number of amides is 1. The fourth-order valence-electron chi connectivity index (χ4n) is 1.65. The van der Waals surface area contributed by atoms with E-state index in [4.69, 9.17) is 9.47 Å². The zero-order chi connectivity index (χ0) is 14.7. The Hall–Kier alpha value is -2.49. The molecule has 1 amide bonds. The number of rotatable bonds is 4. The van der Waals surface area contributed by atoms with Crippen LogP contribution in [0.15, 0.2) is 21.7 Å². The number of halogens is 1. The van der Waals surface area contributed by atoms with Crippen LogP contribution in [0.2, 0.25) is 0 Å². The molecule has 0 saturated carbocycles. The van der Waals surface area contributed by atoms with Crippen molar-refractivity contribution in [3.05, 3.63) is 28.0 Å². The molecule has 0 fully saturated rings. The molecule has 2 heterocycles. The van der Waals surface area contributed by atoms with Gasteiger partial charge in [-0.25, -0.2) is 5.43 Å². The Labute approximate surface area is 126 Å². The van der Waals surface area contributed by atoms with Gasteiger partial charge in [-0.3, -0.25) is 4.79 Å². The maximum absolute atomic E-state index is 11.6. The number of nitrogens with zero attached hydrogens (tertiary/aromatic N) is 4. The first kappa shape index (κ1) is 13.5. The van der Waals surface area contributed by atoms with Gasteiger partial charge >= 0.3 is 0 Å². The second-order valence-corrected chi connectivity index (χ2v) is 4.88. The highest BCUT2D eigenvalue weighted by Crippen LogP contribution is 2.36. The molecule has 21 heavy (non-hydrogen) atoms. The molecule has 0 atom stereocenters. The van der Waals surface area contributed by atoms with E-state index in [0.717, 1.165) is 10.0 Å². The standard InChI is InChI=1S/C11H9BrN6O3/c12-7-2-9-8(20-5-21-9)1-6(7)4-13-16-11(19)3-10-14-17-18-15-10/h1-2,4H,3,5H2,(H,16,19)(H,14,15,17,18). The van der Waals surface area contributed by atoms with Gasteiger partial charge < -0.3 is 9.47 Å². The van der Waals surface area contributed by atoms with Gasteiger partial charge in [-0.05, 0) is 28.1 Å². The van der Waals surface area contributed by atoms with Crippen LogP contribution in [0.1, 0.15) is 11.4 Å². The minimum Gasteiger partial charge on any atom is -0.454 e. The topological polar surface area (TPSA) is 114 Å². The summed E-state index contributed by atoms with van der Waals surface area (Å²) in [6.45, 7) is 0.198. The first-order valence-electron chi connectivity index (χ1n) is 5.86. The number of carbonyl (C=O) groups is 1. The number of ether oxygens (including phenoxy) is 2. The summed E-state index contributed by atoms with van der Waals surface area (Å²) < 4.78 is 11.3. The van der Waals surface area contributed by atoms with E-state index in [1.807, 2.05) is 0 Å². The number of hydrazone groups is 1. The van der Waals surface area contributed by atoms with E-state index in [0.29, 0.717) is 17.3 Å². The zero-order valence-corrected chi connectivity index (χ0v) is 12.1. The fourth-order valence-corrected chi connectivity index (χ4v) is 2.07. The lowest BCUT2D eigenvalue weighted by Gasteiger charge is -2.01. The third kappa shape index (κ3) is 3.16. The van der Waals surface area contributed by atoms with Gasteiger partial charge in [0.25, 0.3) is 0 Å². The molecule has 10 heteroatoms. The van der Waals surface area contributed by atoms with Gasteiger partial charge in [0.1, 0.15) is 0 Å². The van der Waals surface area contributed by atoms with E-state index < -0.39 is 0 Å². The first-order valence-corrected chi connectivity index (χ1v) is 6.65. The van der Waals surface area contributed by atoms with Crippen LogP contribution < -0.4 is 14.9 Å². The molecule has 3 rings (SSSR count). The van der Waals surface area contributed by atoms with E-state index in [1.54, 1.807) is 12.1 Å². The summed E-state index contributed by atoms with van der Waals surface area (Å²) in [6.07, 6.45) is 1.50. The number of hydrogen-bond acceptors (Lipinski definition) is 7. The van der Waals surface area contributed by atoms with Crippen molar-refractivity contribution in [2.75, 3.05) is 6.79 Å². The predicted molar refractivity (Wildman–Crippen MR) is 73.9 cm³/mol. The van der Waals surface area contributed by atoms with E-state index in [9.17, 15) is 4.79 Å². The van der Waals surface area contributed by atoms with Crippen molar-refractivity contribution in [2.45, 2.75) is 6.42 Å². The lowest BCUT2D eigenvalue weighted by molar-refractivity contribution is -0.120. The highest BCUT2D eigenvalue weighted by atomic mass is 79.9. The molecule has 1 aliphatic rings. The van der Waals surface area contributed by atoms with Crippen LogP contribution in [-0.4, -0.2) is 39.5 Å². The number of fused-ring (bicyclic) bond motifs is 1. The fraction of sp³-hybridized carbons (Fsp3) is 0.182. The second-order valence-electron chi connectivity index (χ2n) is 4.02. The van der Waals surface area contributed by atoms with E-state index in [1.165, 1.54) is 6.21 Å². The van der Waals surface area contributed by atoms with Gasteiger partial charge in [-0.2, -0.15) is 10.3 Å². The van der Waals surface area contributed by atoms with E-state index in [2.05, 4.69) is 47.1 Å². The molecule has 0 radical (unpaired) electrons. The van der Waals surface area contributed by atoms with Crippen LogP contribution in [0, 0.1) is 0 Å². The van der Waals surface area contributed by atoms with E-state index >= 15 is 0 Å². The van der Waals surface area contributed by atoms with Crippen molar-refractivity contribution in [1.29, 1.82) is 0 Å². The average molecular weight is 353 g/mol. The lowest BCUT2D eigenvalue weighted by atomic mass is 10.2. The molecule has 108 valence electrons. The second kappa shape index (κ2) is 5.87. The molecule has 0 spiro atoms. The number of nitrogens with one attached hydrogen (secondary N) is 2. The average Bonchev–Trinajstić information content (AvgIpc) is 3.10. The van der Waals surface area contributed by atoms with Crippen molar-refractivity contribution >= 4 is 28.1 Å². The van der Waals surface area contributed by atoms with Gasteiger partial charge in [0.2, 0.25) is 12.7 Å². The minimum atomic E-state index is -0.343. The van der Waals surface area contributed by atoms with Crippen LogP contribution in [0.3, 0.4) is 0 Å². The van der Waals surface area contributed by atoms with E-state index in [-0.39, 0.29) is 19.1 Å². The number of aromatic amines is 1. The minimum absolute atomic E-state index is 0.00382. The van der Waals surface area contributed by atoms with Crippen molar-refractivity contribution in [2.24, 2.45) is 5.10 Å². The molecule has 0 aliphatic carbocycles. The summed E-state index contributed by atoms with van der Waals surface area (Å²) in [4.78, 5) is 11.6. The van der Waals surface area contributed by atoms with Crippen molar-refractivity contribution in [1.82, 2.24) is 26.0 Å². The summed E-state index contributed by atoms with van der Waals surface area (Å²) in [7, 11) is 0. The Morgan fingerprint density at radius 3 is 3.05 bits per heavy atom. The van der Waals surface area contributed by atoms with Gasteiger partial charge in [0.05, 0.1) is 12.6 Å². The lowest BCUT2D eigenvalue weighted by Crippen LogP contribution is -2.20. The molecule has 1 aromatic carbocycles. The summed E-state index contributed by atoms with van der Waals surface area (Å²) in [5.74, 6) is 1.26.